The van der Waals surface area contributed by atoms with E-state index in [2.05, 4.69) is 17.3 Å². The van der Waals surface area contributed by atoms with E-state index in [1.807, 2.05) is 18.2 Å². The van der Waals surface area contributed by atoms with Gasteiger partial charge in [-0.1, -0.05) is 0 Å². The lowest BCUT2D eigenvalue weighted by Crippen LogP contribution is -2.36. The summed E-state index contributed by atoms with van der Waals surface area (Å²) in [5.74, 6) is 0.944. The predicted octanol–water partition coefficient (Wildman–Crippen LogP) is 1.22. The van der Waals surface area contributed by atoms with Crippen LogP contribution in [0.4, 0.5) is 5.69 Å². The second kappa shape index (κ2) is 3.47. The number of likely N-dealkylation sites (tertiary alicyclic amines) is 1. The minimum atomic E-state index is -0.362. The van der Waals surface area contributed by atoms with Crippen molar-refractivity contribution in [3.05, 3.63) is 23.8 Å². The molecule has 4 heteroatoms. The molecule has 1 N–H and O–H groups in total. The SMILES string of the molecule is COc1ccc2c(c1)[C@@]1(CCN(C)C1)C(=O)N2. The molecular weight excluding hydrogens is 216 g/mol. The van der Waals surface area contributed by atoms with Crippen LogP contribution in [0, 0.1) is 0 Å². The molecule has 1 atom stereocenters. The zero-order chi connectivity index (χ0) is 12.0. The molecule has 2 aliphatic heterocycles. The smallest absolute Gasteiger partial charge is 0.236 e. The number of hydrogen-bond acceptors (Lipinski definition) is 3. The highest BCUT2D eigenvalue weighted by atomic mass is 16.5. The monoisotopic (exact) mass is 232 g/mol. The number of anilines is 1. The molecule has 1 amide bonds. The fourth-order valence-electron chi connectivity index (χ4n) is 2.93. The quantitative estimate of drug-likeness (QED) is 0.791. The number of ether oxygens (including phenoxy) is 1. The van der Waals surface area contributed by atoms with Crippen LogP contribution in [0.3, 0.4) is 0 Å². The van der Waals surface area contributed by atoms with Gasteiger partial charge in [-0.25, -0.2) is 0 Å². The number of likely N-dealkylation sites (N-methyl/N-ethyl adjacent to an activating group) is 1. The molecule has 1 saturated heterocycles. The van der Waals surface area contributed by atoms with Crippen molar-refractivity contribution >= 4 is 11.6 Å². The Hall–Kier alpha value is -1.55. The third kappa shape index (κ3) is 1.37. The van der Waals surface area contributed by atoms with E-state index in [0.717, 1.165) is 36.5 Å². The molecule has 0 bridgehead atoms. The van der Waals surface area contributed by atoms with E-state index >= 15 is 0 Å². The first-order chi connectivity index (χ1) is 8.15. The highest BCUT2D eigenvalue weighted by Crippen LogP contribution is 2.45. The van der Waals surface area contributed by atoms with Crippen molar-refractivity contribution in [2.45, 2.75) is 11.8 Å². The van der Waals surface area contributed by atoms with Gasteiger partial charge in [0.05, 0.1) is 12.5 Å². The Labute approximate surface area is 101 Å². The Balaban J connectivity index is 2.11. The Kier molecular flexibility index (Phi) is 2.16. The van der Waals surface area contributed by atoms with Crippen LogP contribution in [0.25, 0.3) is 0 Å². The Morgan fingerprint density at radius 3 is 2.94 bits per heavy atom. The summed E-state index contributed by atoms with van der Waals surface area (Å²) in [4.78, 5) is 14.4. The summed E-state index contributed by atoms with van der Waals surface area (Å²) in [5, 5.41) is 2.98. The zero-order valence-electron chi connectivity index (χ0n) is 10.1. The van der Waals surface area contributed by atoms with E-state index in [0.29, 0.717) is 0 Å². The topological polar surface area (TPSA) is 41.6 Å². The van der Waals surface area contributed by atoms with Gasteiger partial charge >= 0.3 is 0 Å². The number of hydrogen-bond donors (Lipinski definition) is 1. The van der Waals surface area contributed by atoms with E-state index in [-0.39, 0.29) is 11.3 Å². The van der Waals surface area contributed by atoms with Crippen LogP contribution in [-0.4, -0.2) is 38.1 Å². The van der Waals surface area contributed by atoms with Gasteiger partial charge in [-0.15, -0.1) is 0 Å². The second-order valence-corrected chi connectivity index (χ2v) is 4.94. The molecule has 0 aliphatic carbocycles. The summed E-state index contributed by atoms with van der Waals surface area (Å²) in [6.45, 7) is 1.75. The first-order valence-electron chi connectivity index (χ1n) is 5.84. The summed E-state index contributed by atoms with van der Waals surface area (Å²) in [5.41, 5.74) is 1.66. The molecule has 17 heavy (non-hydrogen) atoms. The number of fused-ring (bicyclic) bond motifs is 2. The number of rotatable bonds is 1. The Morgan fingerprint density at radius 1 is 1.47 bits per heavy atom. The number of carbonyl (C=O) groups is 1. The van der Waals surface area contributed by atoms with Gasteiger partial charge in [-0.3, -0.25) is 4.79 Å². The molecule has 1 fully saturated rings. The number of amides is 1. The molecule has 4 nitrogen and oxygen atoms in total. The molecule has 2 aliphatic rings. The van der Waals surface area contributed by atoms with Gasteiger partial charge in [-0.05, 0) is 43.8 Å². The van der Waals surface area contributed by atoms with Crippen molar-refractivity contribution < 1.29 is 9.53 Å². The number of carbonyl (C=O) groups excluding carboxylic acids is 1. The van der Waals surface area contributed by atoms with Gasteiger partial charge in [0.15, 0.2) is 0 Å². The molecule has 1 aromatic carbocycles. The summed E-state index contributed by atoms with van der Waals surface area (Å²) < 4.78 is 5.25. The molecule has 0 unspecified atom stereocenters. The molecule has 90 valence electrons. The third-order valence-electron chi connectivity index (χ3n) is 3.89. The van der Waals surface area contributed by atoms with Gasteiger partial charge in [0.1, 0.15) is 5.75 Å². The Bertz CT molecular complexity index is 486. The fourth-order valence-corrected chi connectivity index (χ4v) is 2.93. The van der Waals surface area contributed by atoms with Crippen LogP contribution in [-0.2, 0) is 10.2 Å². The van der Waals surface area contributed by atoms with E-state index in [9.17, 15) is 4.79 Å². The lowest BCUT2D eigenvalue weighted by molar-refractivity contribution is -0.120. The molecule has 0 aromatic heterocycles. The fraction of sp³-hybridized carbons (Fsp3) is 0.462. The highest BCUT2D eigenvalue weighted by molar-refractivity contribution is 6.06. The lowest BCUT2D eigenvalue weighted by Gasteiger charge is -2.21. The van der Waals surface area contributed by atoms with Crippen LogP contribution < -0.4 is 10.1 Å². The summed E-state index contributed by atoms with van der Waals surface area (Å²) in [6, 6.07) is 5.81. The first kappa shape index (κ1) is 10.6. The summed E-state index contributed by atoms with van der Waals surface area (Å²) in [7, 11) is 3.71. The molecular formula is C13H16N2O2. The maximum Gasteiger partial charge on any atom is 0.236 e. The number of benzene rings is 1. The molecule has 0 saturated carbocycles. The van der Waals surface area contributed by atoms with Gasteiger partial charge in [-0.2, -0.15) is 0 Å². The number of nitrogens with zero attached hydrogens (tertiary/aromatic N) is 1. The van der Waals surface area contributed by atoms with Gasteiger partial charge in [0.25, 0.3) is 0 Å². The normalized spacial score (nSPS) is 27.3. The standard InChI is InChI=1S/C13H16N2O2/c1-15-6-5-13(8-15)10-7-9(17-2)3-4-11(10)14-12(13)16/h3-4,7H,5-6,8H2,1-2H3,(H,14,16)/t13-/m0/s1. The maximum absolute atomic E-state index is 12.2. The van der Waals surface area contributed by atoms with E-state index in [4.69, 9.17) is 4.74 Å². The van der Waals surface area contributed by atoms with Crippen LogP contribution in [0.5, 0.6) is 5.75 Å². The van der Waals surface area contributed by atoms with E-state index < -0.39 is 0 Å². The van der Waals surface area contributed by atoms with Crippen molar-refractivity contribution in [3.8, 4) is 5.75 Å². The van der Waals surface area contributed by atoms with Crippen LogP contribution >= 0.6 is 0 Å². The molecule has 3 rings (SSSR count). The minimum absolute atomic E-state index is 0.130. The van der Waals surface area contributed by atoms with E-state index in [1.165, 1.54) is 0 Å². The van der Waals surface area contributed by atoms with Gasteiger partial charge in [0.2, 0.25) is 5.91 Å². The second-order valence-electron chi connectivity index (χ2n) is 4.94. The highest BCUT2D eigenvalue weighted by Gasteiger charge is 2.50. The van der Waals surface area contributed by atoms with E-state index in [1.54, 1.807) is 7.11 Å². The van der Waals surface area contributed by atoms with Crippen LogP contribution in [0.1, 0.15) is 12.0 Å². The summed E-state index contributed by atoms with van der Waals surface area (Å²) in [6.07, 6.45) is 0.884. The van der Waals surface area contributed by atoms with Crippen LogP contribution in [0.2, 0.25) is 0 Å². The molecule has 0 radical (unpaired) electrons. The molecule has 1 aromatic rings. The lowest BCUT2D eigenvalue weighted by atomic mass is 9.81. The molecule has 1 spiro atoms. The average Bonchev–Trinajstić information content (AvgIpc) is 2.83. The number of methoxy groups -OCH3 is 1. The van der Waals surface area contributed by atoms with Gasteiger partial charge in [0, 0.05) is 12.2 Å². The summed E-state index contributed by atoms with van der Waals surface area (Å²) >= 11 is 0. The van der Waals surface area contributed by atoms with Crippen molar-refractivity contribution in [1.82, 2.24) is 4.90 Å². The number of nitrogens with one attached hydrogen (secondary N) is 1. The molecule has 2 heterocycles. The van der Waals surface area contributed by atoms with Crippen molar-refractivity contribution in [2.75, 3.05) is 32.6 Å². The van der Waals surface area contributed by atoms with Crippen molar-refractivity contribution in [2.24, 2.45) is 0 Å². The predicted molar refractivity (Wildman–Crippen MR) is 65.4 cm³/mol. The van der Waals surface area contributed by atoms with Crippen LogP contribution in [0.15, 0.2) is 18.2 Å². The third-order valence-corrected chi connectivity index (χ3v) is 3.89. The maximum atomic E-state index is 12.2. The average molecular weight is 232 g/mol. The minimum Gasteiger partial charge on any atom is -0.497 e. The largest absolute Gasteiger partial charge is 0.497 e. The van der Waals surface area contributed by atoms with Gasteiger partial charge < -0.3 is 15.0 Å². The zero-order valence-corrected chi connectivity index (χ0v) is 10.1. The van der Waals surface area contributed by atoms with Crippen molar-refractivity contribution in [1.29, 1.82) is 0 Å². The van der Waals surface area contributed by atoms with Crippen molar-refractivity contribution in [3.63, 3.8) is 0 Å². The first-order valence-corrected chi connectivity index (χ1v) is 5.84. The Morgan fingerprint density at radius 2 is 2.29 bits per heavy atom.